The van der Waals surface area contributed by atoms with Crippen molar-refractivity contribution in [1.82, 2.24) is 0 Å². The summed E-state index contributed by atoms with van der Waals surface area (Å²) in [5.74, 6) is 0. The lowest BCUT2D eigenvalue weighted by atomic mass is 10.1. The zero-order chi connectivity index (χ0) is 10.0. The van der Waals surface area contributed by atoms with Gasteiger partial charge in [-0.05, 0) is 37.1 Å². The normalized spacial score (nSPS) is 9.77. The maximum absolute atomic E-state index is 10.2. The summed E-state index contributed by atoms with van der Waals surface area (Å²) in [6.07, 6.45) is 0. The number of hydrogen-bond acceptors (Lipinski definition) is 2. The van der Waals surface area contributed by atoms with Gasteiger partial charge in [0.2, 0.25) is 0 Å². The van der Waals surface area contributed by atoms with Gasteiger partial charge in [-0.25, -0.2) is 10.1 Å². The summed E-state index contributed by atoms with van der Waals surface area (Å²) in [5, 5.41) is 10.2. The van der Waals surface area contributed by atoms with E-state index >= 15 is 0 Å². The molecular weight excluding hydrogens is 192 g/mol. The number of hydrazine groups is 1. The van der Waals surface area contributed by atoms with Crippen molar-refractivity contribution in [2.24, 2.45) is 0 Å². The Kier molecular flexibility index (Phi) is 2.72. The molecule has 0 fully saturated rings. The molecule has 5 heteroatoms. The topological polar surface area (TPSA) is 55.2 Å². The van der Waals surface area contributed by atoms with Gasteiger partial charge in [0.05, 0.1) is 0 Å². The second kappa shape index (κ2) is 3.62. The first-order valence-electron chi connectivity index (χ1n) is 3.69. The van der Waals surface area contributed by atoms with Crippen LogP contribution in [0.1, 0.15) is 11.1 Å². The molecule has 0 aliphatic rings. The Morgan fingerprint density at radius 1 is 1.38 bits per heavy atom. The van der Waals surface area contributed by atoms with Crippen molar-refractivity contribution in [3.63, 3.8) is 0 Å². The average molecular weight is 201 g/mol. The van der Waals surface area contributed by atoms with Crippen molar-refractivity contribution in [3.8, 4) is 0 Å². The van der Waals surface area contributed by atoms with E-state index in [9.17, 15) is 10.1 Å². The third kappa shape index (κ3) is 2.09. The van der Waals surface area contributed by atoms with E-state index < -0.39 is 5.03 Å². The van der Waals surface area contributed by atoms with Gasteiger partial charge in [0, 0.05) is 5.02 Å². The predicted molar refractivity (Wildman–Crippen MR) is 51.5 cm³/mol. The number of nitro groups is 1. The third-order valence-corrected chi connectivity index (χ3v) is 2.34. The van der Waals surface area contributed by atoms with E-state index in [1.807, 2.05) is 6.92 Å². The first-order valence-corrected chi connectivity index (χ1v) is 4.07. The number of anilines is 1. The Labute approximate surface area is 80.6 Å². The molecule has 4 nitrogen and oxygen atoms in total. The number of hydrogen-bond donors (Lipinski definition) is 1. The lowest BCUT2D eigenvalue weighted by Crippen LogP contribution is -2.09. The lowest BCUT2D eigenvalue weighted by Gasteiger charge is -2.06. The highest BCUT2D eigenvalue weighted by Crippen LogP contribution is 2.25. The van der Waals surface area contributed by atoms with E-state index in [0.717, 1.165) is 11.1 Å². The van der Waals surface area contributed by atoms with Gasteiger partial charge in [0.25, 0.3) is 0 Å². The molecule has 1 N–H and O–H groups in total. The Balaban J connectivity index is 3.10. The van der Waals surface area contributed by atoms with Crippen LogP contribution in [-0.2, 0) is 0 Å². The van der Waals surface area contributed by atoms with Gasteiger partial charge >= 0.3 is 0 Å². The maximum atomic E-state index is 10.2. The smallest absolute Gasteiger partial charge is 0.162 e. The van der Waals surface area contributed by atoms with E-state index in [-0.39, 0.29) is 0 Å². The maximum Gasteiger partial charge on any atom is 0.162 e. The third-order valence-electron chi connectivity index (χ3n) is 1.93. The fourth-order valence-electron chi connectivity index (χ4n) is 1.01. The Morgan fingerprint density at radius 3 is 2.54 bits per heavy atom. The van der Waals surface area contributed by atoms with Crippen molar-refractivity contribution < 1.29 is 5.03 Å². The average Bonchev–Trinajstić information content (AvgIpc) is 2.06. The van der Waals surface area contributed by atoms with E-state index in [2.05, 4.69) is 5.43 Å². The van der Waals surface area contributed by atoms with Crippen LogP contribution in [-0.4, -0.2) is 5.03 Å². The second-order valence-electron chi connectivity index (χ2n) is 2.71. The van der Waals surface area contributed by atoms with Crippen molar-refractivity contribution in [1.29, 1.82) is 0 Å². The first-order chi connectivity index (χ1) is 6.02. The van der Waals surface area contributed by atoms with Crippen LogP contribution in [0.25, 0.3) is 0 Å². The van der Waals surface area contributed by atoms with Crippen molar-refractivity contribution in [3.05, 3.63) is 38.4 Å². The SMILES string of the molecule is Cc1c(Cl)ccc(N[N+](=O)[O-])c1C. The van der Waals surface area contributed by atoms with Gasteiger partial charge in [-0.2, -0.15) is 0 Å². The summed E-state index contributed by atoms with van der Waals surface area (Å²) in [6.45, 7) is 3.61. The molecule has 1 aromatic rings. The molecule has 0 aliphatic carbocycles. The molecular formula is C8H9ClN2O2. The van der Waals surface area contributed by atoms with E-state index in [1.54, 1.807) is 19.1 Å². The number of rotatable bonds is 2. The summed E-state index contributed by atoms with van der Waals surface area (Å²) in [7, 11) is 0. The van der Waals surface area contributed by atoms with Gasteiger partial charge in [0.15, 0.2) is 5.03 Å². The molecule has 0 atom stereocenters. The number of nitrogens with one attached hydrogen (secondary N) is 1. The predicted octanol–water partition coefficient (Wildman–Crippen LogP) is 2.56. The molecule has 0 spiro atoms. The molecule has 0 saturated heterocycles. The fourth-order valence-corrected chi connectivity index (χ4v) is 1.21. The second-order valence-corrected chi connectivity index (χ2v) is 3.12. The Bertz CT molecular complexity index is 352. The highest BCUT2D eigenvalue weighted by atomic mass is 35.5. The minimum Gasteiger partial charge on any atom is -0.235 e. The zero-order valence-corrected chi connectivity index (χ0v) is 8.05. The minimum atomic E-state index is -0.588. The molecule has 1 rings (SSSR count). The molecule has 0 bridgehead atoms. The quantitative estimate of drug-likeness (QED) is 0.590. The molecule has 0 saturated carbocycles. The number of nitrogens with zero attached hydrogens (tertiary/aromatic N) is 1. The molecule has 0 heterocycles. The van der Waals surface area contributed by atoms with Crippen molar-refractivity contribution in [2.75, 3.05) is 5.43 Å². The van der Waals surface area contributed by atoms with Crippen LogP contribution in [0.15, 0.2) is 12.1 Å². The summed E-state index contributed by atoms with van der Waals surface area (Å²) >= 11 is 5.82. The fraction of sp³-hybridized carbons (Fsp3) is 0.250. The summed E-state index contributed by atoms with van der Waals surface area (Å²) in [6, 6.07) is 3.23. The lowest BCUT2D eigenvalue weighted by molar-refractivity contribution is -0.445. The molecule has 0 aromatic heterocycles. The Morgan fingerprint density at radius 2 is 2.00 bits per heavy atom. The van der Waals surface area contributed by atoms with Crippen LogP contribution in [0.4, 0.5) is 5.69 Å². The first kappa shape index (κ1) is 9.80. The van der Waals surface area contributed by atoms with Gasteiger partial charge < -0.3 is 0 Å². The molecule has 0 amide bonds. The molecule has 13 heavy (non-hydrogen) atoms. The molecule has 0 unspecified atom stereocenters. The van der Waals surface area contributed by atoms with Gasteiger partial charge in [0.1, 0.15) is 5.69 Å². The molecule has 1 aromatic carbocycles. The standard InChI is InChI=1S/C8H9ClN2O2/c1-5-6(2)8(10-11(12)13)4-3-7(5)9/h3-4,10H,1-2H3. The summed E-state index contributed by atoms with van der Waals surface area (Å²) < 4.78 is 0. The van der Waals surface area contributed by atoms with Crippen molar-refractivity contribution in [2.45, 2.75) is 13.8 Å². The van der Waals surface area contributed by atoms with Crippen molar-refractivity contribution >= 4 is 17.3 Å². The van der Waals surface area contributed by atoms with Crippen LogP contribution < -0.4 is 5.43 Å². The number of benzene rings is 1. The van der Waals surface area contributed by atoms with Crippen LogP contribution in [0, 0.1) is 24.0 Å². The van der Waals surface area contributed by atoms with Crippen LogP contribution >= 0.6 is 11.6 Å². The monoisotopic (exact) mass is 200 g/mol. The number of halogens is 1. The van der Waals surface area contributed by atoms with E-state index in [1.165, 1.54) is 0 Å². The Hall–Kier alpha value is -1.29. The molecule has 0 aliphatic heterocycles. The van der Waals surface area contributed by atoms with E-state index in [4.69, 9.17) is 11.6 Å². The van der Waals surface area contributed by atoms with Crippen LogP contribution in [0.2, 0.25) is 5.02 Å². The zero-order valence-electron chi connectivity index (χ0n) is 7.30. The molecule has 0 radical (unpaired) electrons. The van der Waals surface area contributed by atoms with Gasteiger partial charge in [-0.15, -0.1) is 5.43 Å². The van der Waals surface area contributed by atoms with Crippen LogP contribution in [0.3, 0.4) is 0 Å². The summed E-state index contributed by atoms with van der Waals surface area (Å²) in [4.78, 5) is 10.2. The van der Waals surface area contributed by atoms with Crippen LogP contribution in [0.5, 0.6) is 0 Å². The molecule has 70 valence electrons. The highest BCUT2D eigenvalue weighted by Gasteiger charge is 2.07. The summed E-state index contributed by atoms with van der Waals surface area (Å²) in [5.41, 5.74) is 4.23. The van der Waals surface area contributed by atoms with Gasteiger partial charge in [-0.3, -0.25) is 0 Å². The highest BCUT2D eigenvalue weighted by molar-refractivity contribution is 6.31. The largest absolute Gasteiger partial charge is 0.235 e. The minimum absolute atomic E-state index is 0.479. The van der Waals surface area contributed by atoms with E-state index in [0.29, 0.717) is 10.7 Å². The van der Waals surface area contributed by atoms with Gasteiger partial charge in [-0.1, -0.05) is 11.6 Å².